The minimum atomic E-state index is -1.35. The molecule has 0 aliphatic carbocycles. The van der Waals surface area contributed by atoms with E-state index in [-0.39, 0.29) is 13.0 Å². The van der Waals surface area contributed by atoms with Crippen molar-refractivity contribution in [1.82, 2.24) is 15.5 Å². The second-order valence-corrected chi connectivity index (χ2v) is 7.87. The molecule has 0 aromatic rings. The number of amides is 3. The molecule has 1 aliphatic heterocycles. The summed E-state index contributed by atoms with van der Waals surface area (Å²) in [5.74, 6) is -2.68. The van der Waals surface area contributed by atoms with Crippen LogP contribution in [-0.4, -0.2) is 99.3 Å². The molecule has 1 fully saturated rings. The second-order valence-electron chi connectivity index (χ2n) is 6.89. The van der Waals surface area contributed by atoms with Crippen LogP contribution in [0.5, 0.6) is 0 Å². The number of likely N-dealkylation sites (tertiary alicyclic amines) is 1. The Morgan fingerprint density at radius 2 is 1.93 bits per heavy atom. The van der Waals surface area contributed by atoms with Gasteiger partial charge in [-0.1, -0.05) is 0 Å². The van der Waals surface area contributed by atoms with Gasteiger partial charge in [-0.2, -0.15) is 11.8 Å². The number of nitrogens with zero attached hydrogens (tertiary/aromatic N) is 1. The molecular weight excluding hydrogens is 404 g/mol. The maximum Gasteiger partial charge on any atom is 0.326 e. The number of aliphatic hydroxyl groups is 2. The first-order valence-corrected chi connectivity index (χ1v) is 10.7. The van der Waals surface area contributed by atoms with Gasteiger partial charge in [0.05, 0.1) is 12.7 Å². The number of hydrogen-bond acceptors (Lipinski definition) is 8. The number of carboxylic acids is 1. The zero-order valence-corrected chi connectivity index (χ0v) is 17.4. The van der Waals surface area contributed by atoms with Crippen LogP contribution in [0.25, 0.3) is 0 Å². The molecular formula is C17H30N4O7S. The van der Waals surface area contributed by atoms with E-state index in [1.165, 1.54) is 23.6 Å². The molecule has 0 saturated carbocycles. The van der Waals surface area contributed by atoms with E-state index in [9.17, 15) is 29.4 Å². The zero-order valence-electron chi connectivity index (χ0n) is 16.5. The normalized spacial score (nSPS) is 20.4. The van der Waals surface area contributed by atoms with E-state index in [0.717, 1.165) is 0 Å². The fourth-order valence-electron chi connectivity index (χ4n) is 2.97. The topological polar surface area (TPSA) is 182 Å². The minimum Gasteiger partial charge on any atom is -0.480 e. The van der Waals surface area contributed by atoms with Gasteiger partial charge < -0.3 is 36.6 Å². The van der Waals surface area contributed by atoms with Gasteiger partial charge >= 0.3 is 5.97 Å². The summed E-state index contributed by atoms with van der Waals surface area (Å²) in [5, 5.41) is 33.0. The fourth-order valence-corrected chi connectivity index (χ4v) is 3.45. The number of nitrogens with one attached hydrogen (secondary N) is 2. The molecule has 5 unspecified atom stereocenters. The van der Waals surface area contributed by atoms with Gasteiger partial charge in [-0.05, 0) is 38.2 Å². The smallest absolute Gasteiger partial charge is 0.326 e. The third-order valence-corrected chi connectivity index (χ3v) is 5.29. The van der Waals surface area contributed by atoms with Crippen molar-refractivity contribution in [1.29, 1.82) is 0 Å². The van der Waals surface area contributed by atoms with Crippen molar-refractivity contribution in [3.63, 3.8) is 0 Å². The lowest BCUT2D eigenvalue weighted by atomic mass is 10.1. The maximum atomic E-state index is 12.9. The summed E-state index contributed by atoms with van der Waals surface area (Å²) in [6.45, 7) is 0.903. The molecule has 12 heteroatoms. The quantitative estimate of drug-likeness (QED) is 0.204. The first-order chi connectivity index (χ1) is 13.6. The van der Waals surface area contributed by atoms with Crippen molar-refractivity contribution >= 4 is 35.5 Å². The highest BCUT2D eigenvalue weighted by molar-refractivity contribution is 7.98. The molecule has 5 atom stereocenters. The number of carboxylic acid groups (broad SMARTS) is 1. The third-order valence-electron chi connectivity index (χ3n) is 4.64. The fraction of sp³-hybridized carbons (Fsp3) is 0.765. The Balaban J connectivity index is 2.88. The predicted molar refractivity (Wildman–Crippen MR) is 106 cm³/mol. The lowest BCUT2D eigenvalue weighted by Crippen LogP contribution is -2.59. The monoisotopic (exact) mass is 434 g/mol. The largest absolute Gasteiger partial charge is 0.480 e. The summed E-state index contributed by atoms with van der Waals surface area (Å²) in [7, 11) is 0. The van der Waals surface area contributed by atoms with Crippen LogP contribution in [0.2, 0.25) is 0 Å². The van der Waals surface area contributed by atoms with Gasteiger partial charge in [0.25, 0.3) is 0 Å². The Labute approximate surface area is 173 Å². The molecule has 1 heterocycles. The number of carbonyl (C=O) groups excluding carboxylic acids is 3. The Morgan fingerprint density at radius 1 is 1.28 bits per heavy atom. The van der Waals surface area contributed by atoms with E-state index < -0.39 is 60.6 Å². The number of nitrogens with two attached hydrogens (primary N) is 1. The molecule has 1 aliphatic rings. The summed E-state index contributed by atoms with van der Waals surface area (Å²) in [4.78, 5) is 50.0. The SMILES string of the molecule is CSCCC(NC(=O)C1CCCN1C(=O)C(NC(=O)C(N)CO)C(C)O)C(=O)O. The Hall–Kier alpha value is -1.89. The van der Waals surface area contributed by atoms with E-state index >= 15 is 0 Å². The first kappa shape index (κ1) is 25.1. The second kappa shape index (κ2) is 12.0. The summed E-state index contributed by atoms with van der Waals surface area (Å²) in [5.41, 5.74) is 5.43. The molecule has 7 N–H and O–H groups in total. The number of carbonyl (C=O) groups is 4. The van der Waals surface area contributed by atoms with Gasteiger partial charge in [0.15, 0.2) is 0 Å². The third kappa shape index (κ3) is 7.14. The Morgan fingerprint density at radius 3 is 2.45 bits per heavy atom. The lowest BCUT2D eigenvalue weighted by Gasteiger charge is -2.31. The summed E-state index contributed by atoms with van der Waals surface area (Å²) in [6, 6.07) is -4.57. The number of aliphatic carboxylic acids is 1. The van der Waals surface area contributed by atoms with E-state index in [1.807, 2.05) is 6.26 Å². The highest BCUT2D eigenvalue weighted by atomic mass is 32.2. The minimum absolute atomic E-state index is 0.227. The number of hydrogen-bond donors (Lipinski definition) is 6. The van der Waals surface area contributed by atoms with Crippen LogP contribution >= 0.6 is 11.8 Å². The molecule has 1 saturated heterocycles. The Kier molecular flexibility index (Phi) is 10.4. The van der Waals surface area contributed by atoms with Crippen molar-refractivity contribution in [3.05, 3.63) is 0 Å². The zero-order chi connectivity index (χ0) is 22.1. The average molecular weight is 435 g/mol. The van der Waals surface area contributed by atoms with Crippen molar-refractivity contribution in [3.8, 4) is 0 Å². The van der Waals surface area contributed by atoms with Gasteiger partial charge in [0.2, 0.25) is 17.7 Å². The van der Waals surface area contributed by atoms with Gasteiger partial charge in [-0.15, -0.1) is 0 Å². The molecule has 11 nitrogen and oxygen atoms in total. The molecule has 166 valence electrons. The van der Waals surface area contributed by atoms with Gasteiger partial charge in [0.1, 0.15) is 24.2 Å². The van der Waals surface area contributed by atoms with Crippen LogP contribution in [-0.2, 0) is 19.2 Å². The number of aliphatic hydroxyl groups excluding tert-OH is 2. The molecule has 0 aromatic carbocycles. The van der Waals surface area contributed by atoms with Crippen LogP contribution in [0.1, 0.15) is 26.2 Å². The van der Waals surface area contributed by atoms with Crippen LogP contribution in [0.3, 0.4) is 0 Å². The van der Waals surface area contributed by atoms with Crippen molar-refractivity contribution in [2.24, 2.45) is 5.73 Å². The van der Waals surface area contributed by atoms with E-state index in [4.69, 9.17) is 10.8 Å². The number of rotatable bonds is 11. The van der Waals surface area contributed by atoms with Crippen molar-refractivity contribution in [2.45, 2.75) is 56.5 Å². The molecule has 0 spiro atoms. The van der Waals surface area contributed by atoms with E-state index in [0.29, 0.717) is 18.6 Å². The highest BCUT2D eigenvalue weighted by Crippen LogP contribution is 2.20. The summed E-state index contributed by atoms with van der Waals surface area (Å²) < 4.78 is 0. The Bertz CT molecular complexity index is 604. The van der Waals surface area contributed by atoms with Crippen molar-refractivity contribution < 1.29 is 34.5 Å². The molecule has 0 aromatic heterocycles. The standard InChI is InChI=1S/C17H30N4O7S/c1-9(23)13(20-14(24)10(18)8-22)16(26)21-6-3-4-12(21)15(25)19-11(17(27)28)5-7-29-2/h9-13,22-23H,3-8,18H2,1-2H3,(H,19,25)(H,20,24)(H,27,28). The van der Waals surface area contributed by atoms with E-state index in [1.54, 1.807) is 0 Å². The molecule has 29 heavy (non-hydrogen) atoms. The highest BCUT2D eigenvalue weighted by Gasteiger charge is 2.40. The maximum absolute atomic E-state index is 12.9. The first-order valence-electron chi connectivity index (χ1n) is 9.31. The lowest BCUT2D eigenvalue weighted by molar-refractivity contribution is -0.146. The molecule has 1 rings (SSSR count). The summed E-state index contributed by atoms with van der Waals surface area (Å²) >= 11 is 1.45. The van der Waals surface area contributed by atoms with Gasteiger partial charge in [0, 0.05) is 6.54 Å². The van der Waals surface area contributed by atoms with Crippen LogP contribution in [0, 0.1) is 0 Å². The van der Waals surface area contributed by atoms with E-state index in [2.05, 4.69) is 10.6 Å². The molecule has 0 bridgehead atoms. The van der Waals surface area contributed by atoms with Crippen molar-refractivity contribution in [2.75, 3.05) is 25.2 Å². The van der Waals surface area contributed by atoms with Crippen LogP contribution < -0.4 is 16.4 Å². The predicted octanol–water partition coefficient (Wildman–Crippen LogP) is -2.51. The number of thioether (sulfide) groups is 1. The van der Waals surface area contributed by atoms with Gasteiger partial charge in [-0.3, -0.25) is 14.4 Å². The van der Waals surface area contributed by atoms with Crippen LogP contribution in [0.15, 0.2) is 0 Å². The van der Waals surface area contributed by atoms with Gasteiger partial charge in [-0.25, -0.2) is 4.79 Å². The summed E-state index contributed by atoms with van der Waals surface area (Å²) in [6.07, 6.45) is 1.65. The van der Waals surface area contributed by atoms with Crippen LogP contribution in [0.4, 0.5) is 0 Å². The average Bonchev–Trinajstić information content (AvgIpc) is 3.17. The molecule has 3 amide bonds. The molecule has 0 radical (unpaired) electrons.